The smallest absolute Gasteiger partial charge is 0.306 e. The molecule has 2 atom stereocenters. The Labute approximate surface area is 278 Å². The minimum absolute atomic E-state index is 0.00152. The molecule has 12 heteroatoms. The molecule has 3 aromatic rings. The number of hydrogen-bond donors (Lipinski definition) is 2. The van der Waals surface area contributed by atoms with Gasteiger partial charge >= 0.3 is 5.97 Å². The SMILES string of the molecule is COC1CN([C@H]2C[C@@H](CO[C@H]3CC[C@H](C(=O)O)CC3)N(C(=O)Cc3cc(Cl)c(NC(=O)c4cn(C)c5ccccc45)cc3Cl)C2)C1. The molecule has 46 heavy (non-hydrogen) atoms. The third-order valence-electron chi connectivity index (χ3n) is 9.85. The molecule has 6 rings (SSSR count). The van der Waals surface area contributed by atoms with Crippen LogP contribution in [-0.2, 0) is 32.5 Å². The van der Waals surface area contributed by atoms with Crippen molar-refractivity contribution in [3.8, 4) is 0 Å². The number of aryl methyl sites for hydroxylation is 1. The minimum Gasteiger partial charge on any atom is -0.481 e. The molecule has 2 aliphatic heterocycles. The van der Waals surface area contributed by atoms with Gasteiger partial charge in [-0.05, 0) is 55.9 Å². The van der Waals surface area contributed by atoms with Gasteiger partial charge in [-0.1, -0.05) is 41.4 Å². The lowest BCUT2D eigenvalue weighted by atomic mass is 9.87. The molecule has 0 bridgehead atoms. The van der Waals surface area contributed by atoms with E-state index in [0.717, 1.165) is 30.4 Å². The average molecular weight is 672 g/mol. The van der Waals surface area contributed by atoms with Gasteiger partial charge in [0.1, 0.15) is 0 Å². The molecule has 2 saturated heterocycles. The Morgan fingerprint density at radius 3 is 2.46 bits per heavy atom. The third kappa shape index (κ3) is 6.92. The number of amides is 2. The van der Waals surface area contributed by atoms with Gasteiger partial charge < -0.3 is 29.4 Å². The zero-order valence-electron chi connectivity index (χ0n) is 26.1. The Morgan fingerprint density at radius 1 is 1.00 bits per heavy atom. The zero-order valence-corrected chi connectivity index (χ0v) is 27.6. The van der Waals surface area contributed by atoms with Crippen molar-refractivity contribution >= 4 is 57.6 Å². The van der Waals surface area contributed by atoms with E-state index in [1.165, 1.54) is 0 Å². The second-order valence-electron chi connectivity index (χ2n) is 12.8. The van der Waals surface area contributed by atoms with Gasteiger partial charge in [0.2, 0.25) is 5.91 Å². The highest BCUT2D eigenvalue weighted by Gasteiger charge is 2.42. The van der Waals surface area contributed by atoms with E-state index in [2.05, 4.69) is 10.2 Å². The first kappa shape index (κ1) is 32.8. The van der Waals surface area contributed by atoms with Crippen LogP contribution in [0.25, 0.3) is 10.9 Å². The van der Waals surface area contributed by atoms with E-state index in [4.69, 9.17) is 32.7 Å². The average Bonchev–Trinajstić information content (AvgIpc) is 3.59. The number of aliphatic carboxylic acids is 1. The number of para-hydroxylation sites is 1. The fourth-order valence-electron chi connectivity index (χ4n) is 7.06. The van der Waals surface area contributed by atoms with Crippen molar-refractivity contribution in [2.24, 2.45) is 13.0 Å². The maximum atomic E-state index is 13.8. The summed E-state index contributed by atoms with van der Waals surface area (Å²) < 4.78 is 13.7. The molecule has 0 spiro atoms. The van der Waals surface area contributed by atoms with E-state index < -0.39 is 5.97 Å². The minimum atomic E-state index is -0.739. The number of ether oxygens (including phenoxy) is 2. The molecule has 2 aromatic carbocycles. The number of nitrogens with one attached hydrogen (secondary N) is 1. The normalized spacial score (nSPS) is 23.9. The Hall–Kier alpha value is -3.15. The summed E-state index contributed by atoms with van der Waals surface area (Å²) in [7, 11) is 3.61. The molecule has 2 amide bonds. The van der Waals surface area contributed by atoms with E-state index in [-0.39, 0.29) is 48.4 Å². The predicted octanol–water partition coefficient (Wildman–Crippen LogP) is 5.24. The second kappa shape index (κ2) is 13.9. The quantitative estimate of drug-likeness (QED) is 0.303. The van der Waals surface area contributed by atoms with E-state index >= 15 is 0 Å². The molecule has 3 aliphatic rings. The van der Waals surface area contributed by atoms with E-state index in [1.54, 1.807) is 25.4 Å². The maximum Gasteiger partial charge on any atom is 0.306 e. The highest BCUT2D eigenvalue weighted by Crippen LogP contribution is 2.34. The van der Waals surface area contributed by atoms with Crippen LogP contribution in [0.3, 0.4) is 0 Å². The summed E-state index contributed by atoms with van der Waals surface area (Å²) in [4.78, 5) is 42.6. The van der Waals surface area contributed by atoms with Gasteiger partial charge in [-0.2, -0.15) is 0 Å². The number of methoxy groups -OCH3 is 1. The Balaban J connectivity index is 1.12. The second-order valence-corrected chi connectivity index (χ2v) is 13.6. The van der Waals surface area contributed by atoms with Crippen molar-refractivity contribution in [3.63, 3.8) is 0 Å². The van der Waals surface area contributed by atoms with Gasteiger partial charge in [-0.3, -0.25) is 19.3 Å². The van der Waals surface area contributed by atoms with Crippen molar-refractivity contribution in [2.45, 2.75) is 62.8 Å². The summed E-state index contributed by atoms with van der Waals surface area (Å²) in [6, 6.07) is 11.0. The van der Waals surface area contributed by atoms with Gasteiger partial charge in [0.05, 0.1) is 53.5 Å². The number of benzene rings is 2. The van der Waals surface area contributed by atoms with Crippen LogP contribution in [0.4, 0.5) is 5.69 Å². The Morgan fingerprint density at radius 2 is 1.74 bits per heavy atom. The number of aromatic nitrogens is 1. The van der Waals surface area contributed by atoms with Crippen molar-refractivity contribution < 1.29 is 29.0 Å². The standard InChI is InChI=1S/C34H40Cl2N4O6/c1-38-18-27(26-5-3-4-6-31(26)38)33(42)37-30-14-28(35)21(11-29(30)36)12-32(41)40-15-22(39-16-25(17-39)45-2)13-23(40)19-46-24-9-7-20(8-10-24)34(43)44/h3-6,11,14,18,20,22-25H,7-10,12-13,15-17,19H2,1-2H3,(H,37,42)(H,43,44)/t20-,22-,23-,24-/m0/s1. The van der Waals surface area contributed by atoms with Gasteiger partial charge in [0, 0.05) is 62.0 Å². The summed E-state index contributed by atoms with van der Waals surface area (Å²) in [5, 5.41) is 13.7. The van der Waals surface area contributed by atoms with Gasteiger partial charge in [0.25, 0.3) is 5.91 Å². The summed E-state index contributed by atoms with van der Waals surface area (Å²) >= 11 is 13.3. The van der Waals surface area contributed by atoms with Crippen LogP contribution >= 0.6 is 23.2 Å². The fraction of sp³-hybridized carbons (Fsp3) is 0.500. The predicted molar refractivity (Wildman–Crippen MR) is 177 cm³/mol. The molecule has 2 N–H and O–H groups in total. The highest BCUT2D eigenvalue weighted by atomic mass is 35.5. The number of fused-ring (bicyclic) bond motifs is 1. The molecule has 246 valence electrons. The van der Waals surface area contributed by atoms with E-state index in [0.29, 0.717) is 65.7 Å². The number of carboxylic acids is 1. The van der Waals surface area contributed by atoms with Crippen molar-refractivity contribution in [3.05, 3.63) is 63.8 Å². The molecular formula is C34H40Cl2N4O6. The van der Waals surface area contributed by atoms with Crippen LogP contribution in [0, 0.1) is 5.92 Å². The maximum absolute atomic E-state index is 13.8. The monoisotopic (exact) mass is 670 g/mol. The molecule has 3 fully saturated rings. The number of halogens is 2. The number of carbonyl (C=O) groups is 3. The molecule has 0 radical (unpaired) electrons. The first-order valence-corrected chi connectivity index (χ1v) is 16.6. The molecule has 1 aliphatic carbocycles. The Kier molecular flexibility index (Phi) is 9.91. The van der Waals surface area contributed by atoms with Crippen LogP contribution in [0.5, 0.6) is 0 Å². The lowest BCUT2D eigenvalue weighted by molar-refractivity contribution is -0.144. The van der Waals surface area contributed by atoms with Crippen LogP contribution in [-0.4, -0.2) is 94.9 Å². The Bertz CT molecular complexity index is 1610. The number of hydrogen-bond acceptors (Lipinski definition) is 6. The number of carboxylic acid groups (broad SMARTS) is 1. The highest BCUT2D eigenvalue weighted by molar-refractivity contribution is 6.36. The largest absolute Gasteiger partial charge is 0.481 e. The van der Waals surface area contributed by atoms with Crippen molar-refractivity contribution in [1.82, 2.24) is 14.4 Å². The number of carbonyl (C=O) groups excluding carboxylic acids is 2. The van der Waals surface area contributed by atoms with E-state index in [1.807, 2.05) is 40.8 Å². The summed E-state index contributed by atoms with van der Waals surface area (Å²) in [6.45, 7) is 2.66. The van der Waals surface area contributed by atoms with Gasteiger partial charge in [0.15, 0.2) is 0 Å². The number of rotatable bonds is 10. The van der Waals surface area contributed by atoms with Gasteiger partial charge in [-0.25, -0.2) is 0 Å². The lowest BCUT2D eigenvalue weighted by Gasteiger charge is -2.42. The topological polar surface area (TPSA) is 113 Å². The number of anilines is 1. The molecular weight excluding hydrogens is 631 g/mol. The number of likely N-dealkylation sites (tertiary alicyclic amines) is 2. The molecule has 3 heterocycles. The number of nitrogens with zero attached hydrogens (tertiary/aromatic N) is 3. The van der Waals surface area contributed by atoms with Crippen LogP contribution < -0.4 is 5.32 Å². The van der Waals surface area contributed by atoms with Crippen LogP contribution in [0.1, 0.15) is 48.0 Å². The summed E-state index contributed by atoms with van der Waals surface area (Å²) in [6.07, 6.45) is 5.48. The fourth-order valence-corrected chi connectivity index (χ4v) is 7.52. The van der Waals surface area contributed by atoms with Crippen molar-refractivity contribution in [1.29, 1.82) is 0 Å². The summed E-state index contributed by atoms with van der Waals surface area (Å²) in [5.41, 5.74) is 2.42. The summed E-state index contributed by atoms with van der Waals surface area (Å²) in [5.74, 6) is -1.41. The van der Waals surface area contributed by atoms with Crippen molar-refractivity contribution in [2.75, 3.05) is 38.7 Å². The van der Waals surface area contributed by atoms with E-state index in [9.17, 15) is 19.5 Å². The first-order chi connectivity index (χ1) is 22.1. The van der Waals surface area contributed by atoms with Crippen LogP contribution in [0.15, 0.2) is 42.6 Å². The first-order valence-electron chi connectivity index (χ1n) is 15.8. The van der Waals surface area contributed by atoms with Gasteiger partial charge in [-0.15, -0.1) is 0 Å². The third-order valence-corrected chi connectivity index (χ3v) is 10.5. The molecule has 1 saturated carbocycles. The lowest BCUT2D eigenvalue weighted by Crippen LogP contribution is -2.56. The molecule has 10 nitrogen and oxygen atoms in total. The van der Waals surface area contributed by atoms with Crippen LogP contribution in [0.2, 0.25) is 10.0 Å². The molecule has 0 unspecified atom stereocenters. The molecule has 1 aromatic heterocycles. The zero-order chi connectivity index (χ0) is 32.5.